The molecule has 0 unspecified atom stereocenters. The van der Waals surface area contributed by atoms with Crippen molar-refractivity contribution in [3.8, 4) is 0 Å². The Labute approximate surface area is 178 Å². The van der Waals surface area contributed by atoms with Gasteiger partial charge in [0.05, 0.1) is 0 Å². The fourth-order valence-electron chi connectivity index (χ4n) is 3.31. The molecule has 28 heavy (non-hydrogen) atoms. The average Bonchev–Trinajstić information content (AvgIpc) is 2.60. The minimum atomic E-state index is -1.93. The molecule has 0 aromatic rings. The van der Waals surface area contributed by atoms with Crippen molar-refractivity contribution in [3.63, 3.8) is 0 Å². The average molecular weight is 413 g/mol. The molecular weight excluding hydrogens is 360 g/mol. The Morgan fingerprint density at radius 3 is 1.29 bits per heavy atom. The van der Waals surface area contributed by atoms with Gasteiger partial charge in [-0.1, -0.05) is 124 Å². The molecule has 0 atom stereocenters. The topological polar surface area (TPSA) is 26.3 Å². The lowest BCUT2D eigenvalue weighted by molar-refractivity contribution is -0.135. The third-order valence-corrected chi connectivity index (χ3v) is 10.8. The molecule has 0 aliphatic rings. The molecule has 0 saturated carbocycles. The van der Waals surface area contributed by atoms with Crippen molar-refractivity contribution >= 4 is 14.3 Å². The van der Waals surface area contributed by atoms with E-state index in [1.807, 2.05) is 0 Å². The lowest BCUT2D eigenvalue weighted by Crippen LogP contribution is -2.42. The van der Waals surface area contributed by atoms with Gasteiger partial charge in [0, 0.05) is 6.42 Å². The molecule has 0 amide bonds. The smallest absolute Gasteiger partial charge is 0.292 e. The van der Waals surface area contributed by atoms with Crippen LogP contribution in [0.1, 0.15) is 137 Å². The summed E-state index contributed by atoms with van der Waals surface area (Å²) in [6, 6.07) is 0. The van der Waals surface area contributed by atoms with Gasteiger partial charge in [0.15, 0.2) is 0 Å². The Balaban J connectivity index is 3.35. The highest BCUT2D eigenvalue weighted by molar-refractivity contribution is 6.75. The Morgan fingerprint density at radius 1 is 0.643 bits per heavy atom. The minimum absolute atomic E-state index is 0.0250. The molecule has 0 spiro atoms. The zero-order chi connectivity index (χ0) is 21.3. The number of unbranched alkanes of at least 4 members (excludes halogenated alkanes) is 15. The second-order valence-electron chi connectivity index (χ2n) is 10.3. The zero-order valence-corrected chi connectivity index (χ0v) is 21.3. The van der Waals surface area contributed by atoms with E-state index in [0.717, 1.165) is 6.42 Å². The van der Waals surface area contributed by atoms with Gasteiger partial charge in [-0.05, 0) is 24.6 Å². The Hall–Kier alpha value is -0.313. The van der Waals surface area contributed by atoms with Gasteiger partial charge in [-0.2, -0.15) is 0 Å². The van der Waals surface area contributed by atoms with E-state index in [9.17, 15) is 4.79 Å². The van der Waals surface area contributed by atoms with Crippen LogP contribution in [-0.4, -0.2) is 14.3 Å². The van der Waals surface area contributed by atoms with Crippen LogP contribution in [0.3, 0.4) is 0 Å². The molecule has 168 valence electrons. The van der Waals surface area contributed by atoms with Crippen molar-refractivity contribution in [1.29, 1.82) is 0 Å². The van der Waals surface area contributed by atoms with Gasteiger partial charge >= 0.3 is 0 Å². The normalized spacial score (nSPS) is 12.4. The monoisotopic (exact) mass is 412 g/mol. The number of rotatable bonds is 18. The van der Waals surface area contributed by atoms with Gasteiger partial charge < -0.3 is 4.43 Å². The zero-order valence-electron chi connectivity index (χ0n) is 20.3. The van der Waals surface area contributed by atoms with E-state index >= 15 is 0 Å². The summed E-state index contributed by atoms with van der Waals surface area (Å²) in [4.78, 5) is 12.1. The molecule has 0 aromatic carbocycles. The third kappa shape index (κ3) is 15.6. The lowest BCUT2D eigenvalue weighted by atomic mass is 10.0. The van der Waals surface area contributed by atoms with Crippen molar-refractivity contribution in [1.82, 2.24) is 0 Å². The van der Waals surface area contributed by atoms with Crippen LogP contribution in [0.4, 0.5) is 0 Å². The Kier molecular flexibility index (Phi) is 16.3. The first kappa shape index (κ1) is 27.7. The summed E-state index contributed by atoms with van der Waals surface area (Å²) in [6.07, 6.45) is 22.4. The van der Waals surface area contributed by atoms with Crippen LogP contribution in [0.25, 0.3) is 0 Å². The van der Waals surface area contributed by atoms with Crippen LogP contribution in [0.15, 0.2) is 0 Å². The van der Waals surface area contributed by atoms with Gasteiger partial charge in [0.1, 0.15) is 0 Å². The summed E-state index contributed by atoms with van der Waals surface area (Å²) < 4.78 is 5.83. The largest absolute Gasteiger partial charge is 0.519 e. The predicted octanol–water partition coefficient (Wildman–Crippen LogP) is 9.19. The number of carbonyl (C=O) groups is 1. The van der Waals surface area contributed by atoms with Gasteiger partial charge in [-0.25, -0.2) is 0 Å². The fraction of sp³-hybridized carbons (Fsp3) is 0.960. The van der Waals surface area contributed by atoms with Crippen LogP contribution >= 0.6 is 0 Å². The summed E-state index contributed by atoms with van der Waals surface area (Å²) in [5.41, 5.74) is 0. The summed E-state index contributed by atoms with van der Waals surface area (Å²) in [5.74, 6) is 0.0250. The van der Waals surface area contributed by atoms with E-state index in [4.69, 9.17) is 4.43 Å². The standard InChI is InChI=1S/C25H52O2Si/c1-7-8-9-10-11-12-13-14-15-16-17-18-19-20-21-22-23-24(26)27-28(5,6)25(2,3)4/h7-23H2,1-6H3. The van der Waals surface area contributed by atoms with Crippen LogP contribution in [-0.2, 0) is 9.22 Å². The van der Waals surface area contributed by atoms with Gasteiger partial charge in [-0.15, -0.1) is 0 Å². The number of carbonyl (C=O) groups excluding carboxylic acids is 1. The molecule has 0 bridgehead atoms. The quantitative estimate of drug-likeness (QED) is 0.166. The molecule has 3 heteroatoms. The van der Waals surface area contributed by atoms with Crippen LogP contribution in [0, 0.1) is 0 Å². The van der Waals surface area contributed by atoms with Gasteiger partial charge in [-0.3, -0.25) is 4.79 Å². The van der Waals surface area contributed by atoms with Gasteiger partial charge in [0.2, 0.25) is 0 Å². The summed E-state index contributed by atoms with van der Waals surface area (Å²) in [5, 5.41) is 0.108. The predicted molar refractivity (Wildman–Crippen MR) is 127 cm³/mol. The molecule has 0 fully saturated rings. The van der Waals surface area contributed by atoms with E-state index in [2.05, 4.69) is 40.8 Å². The molecule has 0 saturated heterocycles. The van der Waals surface area contributed by atoms with E-state index in [0.29, 0.717) is 6.42 Å². The first-order valence-corrected chi connectivity index (χ1v) is 15.3. The first-order valence-electron chi connectivity index (χ1n) is 12.4. The Morgan fingerprint density at radius 2 is 0.964 bits per heavy atom. The molecule has 0 N–H and O–H groups in total. The minimum Gasteiger partial charge on any atom is -0.519 e. The third-order valence-electron chi connectivity index (χ3n) is 6.41. The highest BCUT2D eigenvalue weighted by Gasteiger charge is 2.40. The summed E-state index contributed by atoms with van der Waals surface area (Å²) in [6.45, 7) is 13.1. The summed E-state index contributed by atoms with van der Waals surface area (Å²) >= 11 is 0. The first-order chi connectivity index (χ1) is 13.2. The van der Waals surface area contributed by atoms with Crippen molar-refractivity contribution in [2.75, 3.05) is 0 Å². The van der Waals surface area contributed by atoms with Gasteiger partial charge in [0.25, 0.3) is 14.3 Å². The van der Waals surface area contributed by atoms with Crippen LogP contribution in [0.5, 0.6) is 0 Å². The molecule has 0 rings (SSSR count). The van der Waals surface area contributed by atoms with E-state index < -0.39 is 8.32 Å². The van der Waals surface area contributed by atoms with Crippen molar-refractivity contribution < 1.29 is 9.22 Å². The highest BCUT2D eigenvalue weighted by atomic mass is 28.4. The molecule has 0 heterocycles. The maximum Gasteiger partial charge on any atom is 0.292 e. The second kappa shape index (κ2) is 16.5. The van der Waals surface area contributed by atoms with Crippen molar-refractivity contribution in [3.05, 3.63) is 0 Å². The maximum absolute atomic E-state index is 12.1. The second-order valence-corrected chi connectivity index (χ2v) is 15.0. The molecule has 0 aliphatic heterocycles. The summed E-state index contributed by atoms with van der Waals surface area (Å²) in [7, 11) is -1.93. The number of hydrogen-bond donors (Lipinski definition) is 0. The molecule has 2 nitrogen and oxygen atoms in total. The lowest BCUT2D eigenvalue weighted by Gasteiger charge is -2.35. The van der Waals surface area contributed by atoms with E-state index in [1.165, 1.54) is 96.3 Å². The van der Waals surface area contributed by atoms with E-state index in [-0.39, 0.29) is 11.0 Å². The highest BCUT2D eigenvalue weighted by Crippen LogP contribution is 2.36. The molecular formula is C25H52O2Si. The SMILES string of the molecule is CCCCCCCCCCCCCCCCCCC(=O)O[Si](C)(C)C(C)(C)C. The number of hydrogen-bond acceptors (Lipinski definition) is 2. The fourth-order valence-corrected chi connectivity index (χ4v) is 4.28. The molecule has 0 radical (unpaired) electrons. The maximum atomic E-state index is 12.1. The van der Waals surface area contributed by atoms with Crippen molar-refractivity contribution in [2.45, 2.75) is 155 Å². The molecule has 0 aromatic heterocycles. The van der Waals surface area contributed by atoms with Crippen LogP contribution in [0.2, 0.25) is 18.1 Å². The van der Waals surface area contributed by atoms with Crippen molar-refractivity contribution in [2.24, 2.45) is 0 Å². The Bertz CT molecular complexity index is 371. The van der Waals surface area contributed by atoms with Crippen LogP contribution < -0.4 is 0 Å². The molecule has 0 aliphatic carbocycles. The van der Waals surface area contributed by atoms with E-state index in [1.54, 1.807) is 0 Å².